The normalized spacial score (nSPS) is 15.8. The van der Waals surface area contributed by atoms with Crippen LogP contribution < -0.4 is 4.72 Å². The monoisotopic (exact) mass is 463 g/mol. The molecule has 0 aliphatic carbocycles. The van der Waals surface area contributed by atoms with Crippen LogP contribution in [0, 0.1) is 0 Å². The molecule has 0 aromatic heterocycles. The van der Waals surface area contributed by atoms with Gasteiger partial charge in [-0.15, -0.1) is 0 Å². The van der Waals surface area contributed by atoms with Crippen molar-refractivity contribution in [3.8, 4) is 0 Å². The first-order valence-corrected chi connectivity index (χ1v) is 12.7. The van der Waals surface area contributed by atoms with E-state index in [1.807, 2.05) is 48.5 Å². The molecule has 0 radical (unpaired) electrons. The van der Waals surface area contributed by atoms with E-state index in [0.29, 0.717) is 19.5 Å². The molecule has 172 valence electrons. The van der Waals surface area contributed by atoms with E-state index in [9.17, 15) is 13.2 Å². The van der Waals surface area contributed by atoms with Gasteiger partial charge in [0.2, 0.25) is 15.9 Å². The molecule has 1 amide bonds. The summed E-state index contributed by atoms with van der Waals surface area (Å²) in [6.07, 6.45) is 0.302. The number of carbonyl (C=O) groups excluding carboxylic acids is 1. The first kappa shape index (κ1) is 23.2. The predicted molar refractivity (Wildman–Crippen MR) is 129 cm³/mol. The third kappa shape index (κ3) is 6.28. The fraction of sp³-hybridized carbons (Fsp3) is 0.269. The molecule has 1 aliphatic heterocycles. The molecule has 4 rings (SSSR count). The summed E-state index contributed by atoms with van der Waals surface area (Å²) in [4.78, 5) is 17.7. The van der Waals surface area contributed by atoms with Crippen LogP contribution in [0.3, 0.4) is 0 Å². The van der Waals surface area contributed by atoms with Crippen LogP contribution in [0.25, 0.3) is 0 Å². The average Bonchev–Trinajstić information content (AvgIpc) is 2.85. The van der Waals surface area contributed by atoms with Gasteiger partial charge in [-0.1, -0.05) is 78.9 Å². The summed E-state index contributed by atoms with van der Waals surface area (Å²) in [5.41, 5.74) is 2.16. The number of nitrogens with one attached hydrogen (secondary N) is 1. The summed E-state index contributed by atoms with van der Waals surface area (Å²) in [5, 5.41) is 0. The van der Waals surface area contributed by atoms with Gasteiger partial charge in [0.05, 0.1) is 4.90 Å². The summed E-state index contributed by atoms with van der Waals surface area (Å²) in [5.74, 6) is -0.183. The minimum Gasteiger partial charge on any atom is -0.339 e. The summed E-state index contributed by atoms with van der Waals surface area (Å²) in [6.45, 7) is 3.50. The zero-order valence-electron chi connectivity index (χ0n) is 18.5. The van der Waals surface area contributed by atoms with Crippen molar-refractivity contribution >= 4 is 15.9 Å². The Labute approximate surface area is 195 Å². The Bertz CT molecular complexity index is 1130. The van der Waals surface area contributed by atoms with Crippen LogP contribution in [0.1, 0.15) is 11.1 Å². The van der Waals surface area contributed by atoms with Gasteiger partial charge in [-0.25, -0.2) is 8.42 Å². The van der Waals surface area contributed by atoms with Gasteiger partial charge in [-0.05, 0) is 29.7 Å². The highest BCUT2D eigenvalue weighted by atomic mass is 32.2. The Morgan fingerprint density at radius 1 is 0.758 bits per heavy atom. The van der Waals surface area contributed by atoms with Crippen LogP contribution in [-0.2, 0) is 27.8 Å². The van der Waals surface area contributed by atoms with Gasteiger partial charge in [-0.2, -0.15) is 4.72 Å². The molecule has 1 saturated heterocycles. The molecule has 0 spiro atoms. The molecular formula is C26H29N3O3S. The fourth-order valence-corrected chi connectivity index (χ4v) is 5.28. The van der Waals surface area contributed by atoms with Crippen molar-refractivity contribution in [2.75, 3.05) is 26.2 Å². The van der Waals surface area contributed by atoms with Crippen molar-refractivity contribution in [2.45, 2.75) is 23.9 Å². The van der Waals surface area contributed by atoms with Crippen LogP contribution in [-0.4, -0.2) is 56.3 Å². The van der Waals surface area contributed by atoms with Crippen molar-refractivity contribution in [3.63, 3.8) is 0 Å². The molecule has 0 saturated carbocycles. The maximum Gasteiger partial charge on any atom is 0.241 e. The van der Waals surface area contributed by atoms with Gasteiger partial charge in [-0.3, -0.25) is 9.69 Å². The third-order valence-corrected chi connectivity index (χ3v) is 7.35. The molecule has 1 N–H and O–H groups in total. The zero-order chi connectivity index (χ0) is 23.1. The maximum atomic E-state index is 13.5. The average molecular weight is 464 g/mol. The highest BCUT2D eigenvalue weighted by Gasteiger charge is 2.31. The second-order valence-corrected chi connectivity index (χ2v) is 9.98. The Balaban J connectivity index is 1.45. The van der Waals surface area contributed by atoms with E-state index >= 15 is 0 Å². The van der Waals surface area contributed by atoms with Crippen molar-refractivity contribution in [2.24, 2.45) is 0 Å². The van der Waals surface area contributed by atoms with E-state index in [4.69, 9.17) is 0 Å². The quantitative estimate of drug-likeness (QED) is 0.558. The maximum absolute atomic E-state index is 13.5. The van der Waals surface area contributed by atoms with Crippen molar-refractivity contribution in [3.05, 3.63) is 102 Å². The van der Waals surface area contributed by atoms with Gasteiger partial charge in [0.1, 0.15) is 6.04 Å². The summed E-state index contributed by atoms with van der Waals surface area (Å²) in [6, 6.07) is 27.1. The van der Waals surface area contributed by atoms with Crippen LogP contribution >= 0.6 is 0 Å². The second kappa shape index (κ2) is 10.7. The number of benzene rings is 3. The summed E-state index contributed by atoms with van der Waals surface area (Å²) >= 11 is 0. The highest BCUT2D eigenvalue weighted by molar-refractivity contribution is 7.89. The summed E-state index contributed by atoms with van der Waals surface area (Å²) in [7, 11) is -3.82. The molecule has 7 heteroatoms. The highest BCUT2D eigenvalue weighted by Crippen LogP contribution is 2.15. The first-order chi connectivity index (χ1) is 16.0. The second-order valence-electron chi connectivity index (χ2n) is 8.26. The zero-order valence-corrected chi connectivity index (χ0v) is 19.3. The Hall–Kier alpha value is -3.00. The third-order valence-electron chi connectivity index (χ3n) is 5.86. The Kier molecular flexibility index (Phi) is 7.54. The number of sulfonamides is 1. The molecule has 1 atom stereocenters. The first-order valence-electron chi connectivity index (χ1n) is 11.2. The minimum atomic E-state index is -3.82. The van der Waals surface area contributed by atoms with Gasteiger partial charge >= 0.3 is 0 Å². The van der Waals surface area contributed by atoms with Gasteiger partial charge in [0.15, 0.2) is 0 Å². The van der Waals surface area contributed by atoms with Crippen molar-refractivity contribution < 1.29 is 13.2 Å². The molecule has 3 aromatic carbocycles. The SMILES string of the molecule is O=C([C@H](Cc1ccccc1)NS(=O)(=O)c1ccccc1)N1CCN(Cc2ccccc2)CC1. The summed E-state index contributed by atoms with van der Waals surface area (Å²) < 4.78 is 28.6. The lowest BCUT2D eigenvalue weighted by Gasteiger charge is -2.36. The van der Waals surface area contributed by atoms with E-state index in [0.717, 1.165) is 25.2 Å². The van der Waals surface area contributed by atoms with Gasteiger partial charge < -0.3 is 4.90 Å². The molecule has 33 heavy (non-hydrogen) atoms. The number of piperazine rings is 1. The molecule has 1 heterocycles. The molecule has 0 bridgehead atoms. The number of rotatable bonds is 8. The lowest BCUT2D eigenvalue weighted by molar-refractivity contribution is -0.134. The van der Waals surface area contributed by atoms with Crippen LogP contribution in [0.4, 0.5) is 0 Å². The number of nitrogens with zero attached hydrogens (tertiary/aromatic N) is 2. The molecule has 1 aliphatic rings. The largest absolute Gasteiger partial charge is 0.339 e. The Morgan fingerprint density at radius 2 is 1.27 bits per heavy atom. The molecule has 0 unspecified atom stereocenters. The number of hydrogen-bond donors (Lipinski definition) is 1. The molecule has 1 fully saturated rings. The standard InChI is InChI=1S/C26H29N3O3S/c30-26(29-18-16-28(17-19-29)21-23-12-6-2-7-13-23)25(20-22-10-4-1-5-11-22)27-33(31,32)24-14-8-3-9-15-24/h1-15,25,27H,16-21H2/t25-/m0/s1. The lowest BCUT2D eigenvalue weighted by atomic mass is 10.1. The molecule has 3 aromatic rings. The smallest absolute Gasteiger partial charge is 0.241 e. The van der Waals surface area contributed by atoms with Gasteiger partial charge in [0, 0.05) is 32.7 Å². The Morgan fingerprint density at radius 3 is 1.85 bits per heavy atom. The lowest BCUT2D eigenvalue weighted by Crippen LogP contribution is -2.55. The van der Waals surface area contributed by atoms with Crippen LogP contribution in [0.5, 0.6) is 0 Å². The van der Waals surface area contributed by atoms with E-state index in [1.54, 1.807) is 23.1 Å². The van der Waals surface area contributed by atoms with E-state index in [1.165, 1.54) is 17.7 Å². The number of amides is 1. The van der Waals surface area contributed by atoms with Crippen molar-refractivity contribution in [1.29, 1.82) is 0 Å². The van der Waals surface area contributed by atoms with Crippen LogP contribution in [0.2, 0.25) is 0 Å². The van der Waals surface area contributed by atoms with Gasteiger partial charge in [0.25, 0.3) is 0 Å². The van der Waals surface area contributed by atoms with E-state index in [2.05, 4.69) is 21.8 Å². The minimum absolute atomic E-state index is 0.156. The topological polar surface area (TPSA) is 69.7 Å². The number of hydrogen-bond acceptors (Lipinski definition) is 4. The molecule has 6 nitrogen and oxygen atoms in total. The van der Waals surface area contributed by atoms with Crippen LogP contribution in [0.15, 0.2) is 95.9 Å². The fourth-order valence-electron chi connectivity index (χ4n) is 4.07. The van der Waals surface area contributed by atoms with Crippen molar-refractivity contribution in [1.82, 2.24) is 14.5 Å². The molecular weight excluding hydrogens is 434 g/mol. The predicted octanol–water partition coefficient (Wildman–Crippen LogP) is 2.92. The number of carbonyl (C=O) groups is 1. The van der Waals surface area contributed by atoms with E-state index in [-0.39, 0.29) is 10.8 Å². The van der Waals surface area contributed by atoms with E-state index < -0.39 is 16.1 Å².